The number of nitrogens with one attached hydrogen (secondary N) is 2. The minimum atomic E-state index is -0.502. The van der Waals surface area contributed by atoms with Crippen LogP contribution in [0.3, 0.4) is 0 Å². The van der Waals surface area contributed by atoms with Crippen LogP contribution in [-0.2, 0) is 6.54 Å². The van der Waals surface area contributed by atoms with Gasteiger partial charge in [-0.3, -0.25) is 15.0 Å². The molecule has 0 bridgehead atoms. The van der Waals surface area contributed by atoms with Crippen LogP contribution >= 0.6 is 11.8 Å². The van der Waals surface area contributed by atoms with Crippen LogP contribution < -0.4 is 10.6 Å². The maximum Gasteiger partial charge on any atom is 0.104 e. The molecule has 28 heavy (non-hydrogen) atoms. The Morgan fingerprint density at radius 1 is 1.25 bits per heavy atom. The molecule has 4 rings (SSSR count). The molecule has 7 nitrogen and oxygen atoms in total. The second-order valence-electron chi connectivity index (χ2n) is 7.24. The first kappa shape index (κ1) is 19.2. The fraction of sp³-hybridized carbons (Fsp3) is 0.400. The van der Waals surface area contributed by atoms with Crippen LogP contribution in [0.1, 0.15) is 6.92 Å². The first-order valence-electron chi connectivity index (χ1n) is 9.50. The number of benzene rings is 1. The van der Waals surface area contributed by atoms with E-state index in [0.29, 0.717) is 6.54 Å². The van der Waals surface area contributed by atoms with Gasteiger partial charge in [0.05, 0.1) is 12.1 Å². The predicted octanol–water partition coefficient (Wildman–Crippen LogP) is 2.46. The number of aliphatic hydroxyl groups is 1. The smallest absolute Gasteiger partial charge is 0.104 e. The summed E-state index contributed by atoms with van der Waals surface area (Å²) < 4.78 is 2.11. The van der Waals surface area contributed by atoms with Crippen molar-refractivity contribution in [2.24, 2.45) is 0 Å². The third-order valence-electron chi connectivity index (χ3n) is 4.76. The summed E-state index contributed by atoms with van der Waals surface area (Å²) in [5, 5.41) is 22.1. The lowest BCUT2D eigenvalue weighted by Crippen LogP contribution is -2.30. The summed E-state index contributed by atoms with van der Waals surface area (Å²) in [7, 11) is 4.16. The van der Waals surface area contributed by atoms with Gasteiger partial charge in [-0.25, -0.2) is 0 Å². The summed E-state index contributed by atoms with van der Waals surface area (Å²) in [5.41, 5.74) is 4.36. The molecular formula is C20H26N6OS. The lowest BCUT2D eigenvalue weighted by atomic mass is 10.1. The van der Waals surface area contributed by atoms with Crippen molar-refractivity contribution in [3.63, 3.8) is 0 Å². The summed E-state index contributed by atoms with van der Waals surface area (Å²) in [6, 6.07) is 6.34. The Hall–Kier alpha value is -2.13. The molecule has 148 valence electrons. The largest absolute Gasteiger partial charge is 0.383 e. The summed E-state index contributed by atoms with van der Waals surface area (Å²) in [6.07, 6.45) is 3.24. The first-order valence-corrected chi connectivity index (χ1v) is 10.3. The van der Waals surface area contributed by atoms with E-state index in [1.54, 1.807) is 18.7 Å². The molecule has 0 fully saturated rings. The van der Waals surface area contributed by atoms with Crippen LogP contribution in [-0.4, -0.2) is 64.7 Å². The van der Waals surface area contributed by atoms with E-state index in [2.05, 4.69) is 57.5 Å². The van der Waals surface area contributed by atoms with Gasteiger partial charge in [0.1, 0.15) is 11.9 Å². The molecule has 0 radical (unpaired) electrons. The van der Waals surface area contributed by atoms with Crippen LogP contribution in [0.2, 0.25) is 0 Å². The molecule has 2 aromatic heterocycles. The molecule has 1 aliphatic heterocycles. The summed E-state index contributed by atoms with van der Waals surface area (Å²) in [5.74, 6) is 0. The highest BCUT2D eigenvalue weighted by atomic mass is 32.2. The fourth-order valence-electron chi connectivity index (χ4n) is 3.38. The second kappa shape index (κ2) is 8.08. The molecule has 3 heterocycles. The molecule has 0 amide bonds. The molecule has 3 aromatic rings. The minimum Gasteiger partial charge on any atom is -0.383 e. The summed E-state index contributed by atoms with van der Waals surface area (Å²) >= 11 is 1.77. The van der Waals surface area contributed by atoms with Crippen molar-refractivity contribution in [2.75, 3.05) is 39.0 Å². The Morgan fingerprint density at radius 2 is 2.11 bits per heavy atom. The van der Waals surface area contributed by atoms with E-state index in [1.807, 2.05) is 12.4 Å². The van der Waals surface area contributed by atoms with E-state index < -0.39 is 6.23 Å². The van der Waals surface area contributed by atoms with Gasteiger partial charge in [0, 0.05) is 58.5 Å². The molecule has 1 atom stereocenters. The molecule has 0 saturated carbocycles. The van der Waals surface area contributed by atoms with Gasteiger partial charge in [-0.2, -0.15) is 5.10 Å². The average molecular weight is 399 g/mol. The van der Waals surface area contributed by atoms with Crippen molar-refractivity contribution in [3.8, 4) is 11.3 Å². The highest BCUT2D eigenvalue weighted by molar-refractivity contribution is 8.00. The van der Waals surface area contributed by atoms with Crippen LogP contribution in [0.4, 0.5) is 5.69 Å². The maximum absolute atomic E-state index is 9.38. The molecule has 1 unspecified atom stereocenters. The lowest BCUT2D eigenvalue weighted by molar-refractivity contribution is 0.159. The minimum absolute atomic E-state index is 0.502. The molecular weight excluding hydrogens is 372 g/mol. The van der Waals surface area contributed by atoms with E-state index in [1.165, 1.54) is 15.2 Å². The number of fused-ring (bicyclic) bond motifs is 2. The first-order chi connectivity index (χ1) is 13.5. The number of aliphatic hydroxyl groups excluding tert-OH is 1. The molecule has 3 N–H and O–H groups in total. The second-order valence-corrected chi connectivity index (χ2v) is 8.29. The summed E-state index contributed by atoms with van der Waals surface area (Å²) in [6.45, 7) is 4.93. The van der Waals surface area contributed by atoms with Crippen molar-refractivity contribution in [1.82, 2.24) is 25.0 Å². The number of nitrogens with zero attached hydrogens (tertiary/aromatic N) is 4. The number of rotatable bonds is 8. The van der Waals surface area contributed by atoms with Gasteiger partial charge in [-0.05, 0) is 39.2 Å². The zero-order valence-electron chi connectivity index (χ0n) is 16.4. The van der Waals surface area contributed by atoms with Gasteiger partial charge in [-0.15, -0.1) is 0 Å². The van der Waals surface area contributed by atoms with Crippen LogP contribution in [0.25, 0.3) is 22.2 Å². The highest BCUT2D eigenvalue weighted by Gasteiger charge is 2.26. The van der Waals surface area contributed by atoms with E-state index in [4.69, 9.17) is 5.10 Å². The molecule has 0 saturated heterocycles. The molecule has 0 spiro atoms. The highest BCUT2D eigenvalue weighted by Crippen LogP contribution is 2.50. The number of aromatic nitrogens is 3. The Labute approximate surface area is 169 Å². The predicted molar refractivity (Wildman–Crippen MR) is 114 cm³/mol. The number of hydrogen-bond acceptors (Lipinski definition) is 7. The van der Waals surface area contributed by atoms with Crippen molar-refractivity contribution in [2.45, 2.75) is 29.5 Å². The van der Waals surface area contributed by atoms with Gasteiger partial charge in [0.2, 0.25) is 0 Å². The van der Waals surface area contributed by atoms with Crippen molar-refractivity contribution >= 4 is 28.4 Å². The van der Waals surface area contributed by atoms with E-state index in [9.17, 15) is 5.11 Å². The lowest BCUT2D eigenvalue weighted by Gasteiger charge is -2.19. The third-order valence-corrected chi connectivity index (χ3v) is 5.96. The summed E-state index contributed by atoms with van der Waals surface area (Å²) in [4.78, 5) is 8.88. The van der Waals surface area contributed by atoms with Gasteiger partial charge in [0.15, 0.2) is 0 Å². The van der Waals surface area contributed by atoms with Crippen LogP contribution in [0.5, 0.6) is 0 Å². The van der Waals surface area contributed by atoms with Crippen molar-refractivity contribution in [3.05, 3.63) is 30.6 Å². The van der Waals surface area contributed by atoms with Gasteiger partial charge < -0.3 is 15.3 Å². The van der Waals surface area contributed by atoms with E-state index in [-0.39, 0.29) is 0 Å². The zero-order chi connectivity index (χ0) is 19.7. The number of likely N-dealkylation sites (N-methyl/N-ethyl adjacent to an activating group) is 1. The Morgan fingerprint density at radius 3 is 2.89 bits per heavy atom. The van der Waals surface area contributed by atoms with Crippen LogP contribution in [0.15, 0.2) is 40.4 Å². The molecule has 1 aromatic carbocycles. The van der Waals surface area contributed by atoms with Gasteiger partial charge in [-0.1, -0.05) is 11.8 Å². The van der Waals surface area contributed by atoms with E-state index >= 15 is 0 Å². The Balaban J connectivity index is 1.73. The Bertz CT molecular complexity index is 984. The van der Waals surface area contributed by atoms with Crippen molar-refractivity contribution in [1.29, 1.82) is 0 Å². The van der Waals surface area contributed by atoms with Gasteiger partial charge in [0.25, 0.3) is 0 Å². The van der Waals surface area contributed by atoms with Crippen molar-refractivity contribution < 1.29 is 5.11 Å². The molecule has 1 aliphatic rings. The number of anilines is 1. The third kappa shape index (κ3) is 3.73. The standard InChI is InChI=1S/C20H26N6OS/c1-13(27)22-8-9-23-15-4-5-16-18-19(24-26(16)11-10-25(2)3)14-12-21-7-6-17(14)28-20(15)18/h4-7,12-13,22-23,27H,8-11H2,1-3H3. The molecule has 0 aliphatic carbocycles. The molecule has 8 heteroatoms. The fourth-order valence-corrected chi connectivity index (χ4v) is 4.54. The number of hydrogen-bond donors (Lipinski definition) is 3. The van der Waals surface area contributed by atoms with E-state index in [0.717, 1.165) is 42.1 Å². The quantitative estimate of drug-likeness (QED) is 0.311. The van der Waals surface area contributed by atoms with Crippen LogP contribution in [0, 0.1) is 0 Å². The monoisotopic (exact) mass is 398 g/mol. The topological polar surface area (TPSA) is 78.2 Å². The Kier molecular flexibility index (Phi) is 5.54. The van der Waals surface area contributed by atoms with Gasteiger partial charge >= 0.3 is 0 Å². The normalized spacial score (nSPS) is 13.8. The number of pyridine rings is 1. The maximum atomic E-state index is 9.38. The average Bonchev–Trinajstić information content (AvgIpc) is 3.05. The zero-order valence-corrected chi connectivity index (χ0v) is 17.3. The SMILES string of the molecule is CC(O)NCCNc1ccc2c3c(nn2CCN(C)C)-c2cnccc2Sc13.